The minimum atomic E-state index is -0.0135. The van der Waals surface area contributed by atoms with Crippen LogP contribution >= 0.6 is 11.3 Å². The van der Waals surface area contributed by atoms with Gasteiger partial charge in [-0.25, -0.2) is 4.98 Å². The van der Waals surface area contributed by atoms with Crippen LogP contribution in [-0.4, -0.2) is 43.6 Å². The molecular formula is C16H17N5O2S. The van der Waals surface area contributed by atoms with Crippen molar-refractivity contribution in [3.63, 3.8) is 0 Å². The van der Waals surface area contributed by atoms with E-state index in [4.69, 9.17) is 4.42 Å². The summed E-state index contributed by atoms with van der Waals surface area (Å²) in [6.07, 6.45) is 5.12. The van der Waals surface area contributed by atoms with Crippen molar-refractivity contribution in [1.82, 2.24) is 24.6 Å². The molecule has 0 saturated carbocycles. The number of hydrogen-bond donors (Lipinski definition) is 0. The van der Waals surface area contributed by atoms with Crippen LogP contribution in [0, 0.1) is 0 Å². The van der Waals surface area contributed by atoms with Gasteiger partial charge in [-0.05, 0) is 25.0 Å². The molecule has 1 fully saturated rings. The zero-order chi connectivity index (χ0) is 16.5. The molecule has 0 aliphatic carbocycles. The maximum absolute atomic E-state index is 12.6. The molecule has 1 amide bonds. The first-order chi connectivity index (χ1) is 11.7. The summed E-state index contributed by atoms with van der Waals surface area (Å²) >= 11 is 1.43. The van der Waals surface area contributed by atoms with Crippen molar-refractivity contribution in [3.05, 3.63) is 41.6 Å². The number of nitrogens with zero attached hydrogens (tertiary/aromatic N) is 5. The summed E-state index contributed by atoms with van der Waals surface area (Å²) in [6.45, 7) is 1.42. The Morgan fingerprint density at radius 2 is 2.21 bits per heavy atom. The molecule has 0 unspecified atom stereocenters. The minimum Gasteiger partial charge on any atom is -0.462 e. The normalized spacial score (nSPS) is 15.8. The number of rotatable bonds is 3. The van der Waals surface area contributed by atoms with Crippen LogP contribution in [0.15, 0.2) is 34.5 Å². The highest BCUT2D eigenvalue weighted by atomic mass is 32.1. The monoisotopic (exact) mass is 343 g/mol. The lowest BCUT2D eigenvalue weighted by Gasteiger charge is -2.31. The van der Waals surface area contributed by atoms with Gasteiger partial charge in [0.2, 0.25) is 0 Å². The Kier molecular flexibility index (Phi) is 3.89. The smallest absolute Gasteiger partial charge is 0.273 e. The summed E-state index contributed by atoms with van der Waals surface area (Å²) in [5.74, 6) is 2.03. The third-order valence-corrected chi connectivity index (χ3v) is 5.21. The number of piperidine rings is 1. The van der Waals surface area contributed by atoms with Crippen molar-refractivity contribution in [3.8, 4) is 10.8 Å². The number of carbonyl (C=O) groups excluding carboxylic acids is 1. The summed E-state index contributed by atoms with van der Waals surface area (Å²) in [6, 6.07) is 3.66. The predicted octanol–water partition coefficient (Wildman–Crippen LogP) is 2.55. The third-order valence-electron chi connectivity index (χ3n) is 4.35. The number of likely N-dealkylation sites (tertiary alicyclic amines) is 1. The van der Waals surface area contributed by atoms with Gasteiger partial charge >= 0.3 is 0 Å². The van der Waals surface area contributed by atoms with Crippen molar-refractivity contribution in [1.29, 1.82) is 0 Å². The molecule has 1 saturated heterocycles. The third kappa shape index (κ3) is 2.73. The fraction of sp³-hybridized carbons (Fsp3) is 0.375. The Balaban J connectivity index is 1.42. The fourth-order valence-electron chi connectivity index (χ4n) is 3.05. The van der Waals surface area contributed by atoms with Gasteiger partial charge in [0.05, 0.1) is 6.26 Å². The quantitative estimate of drug-likeness (QED) is 0.730. The molecule has 124 valence electrons. The van der Waals surface area contributed by atoms with Crippen LogP contribution < -0.4 is 0 Å². The molecule has 1 aliphatic rings. The second kappa shape index (κ2) is 6.20. The van der Waals surface area contributed by atoms with Crippen LogP contribution in [0.4, 0.5) is 0 Å². The van der Waals surface area contributed by atoms with Crippen molar-refractivity contribution >= 4 is 17.2 Å². The van der Waals surface area contributed by atoms with E-state index in [0.29, 0.717) is 30.5 Å². The molecule has 24 heavy (non-hydrogen) atoms. The summed E-state index contributed by atoms with van der Waals surface area (Å²) in [5, 5.41) is 10.7. The van der Waals surface area contributed by atoms with E-state index in [1.54, 1.807) is 18.0 Å². The molecule has 7 nitrogen and oxygen atoms in total. The Labute approximate surface area is 142 Å². The average Bonchev–Trinajstić information content (AvgIpc) is 3.35. The summed E-state index contributed by atoms with van der Waals surface area (Å²) in [7, 11) is 1.96. The molecule has 4 rings (SSSR count). The second-order valence-electron chi connectivity index (χ2n) is 5.88. The van der Waals surface area contributed by atoms with E-state index in [1.807, 2.05) is 28.6 Å². The SMILES string of the molecule is Cn1cnnc1C1CCN(C(=O)c2csc(-c3ccco3)n2)CC1. The largest absolute Gasteiger partial charge is 0.462 e. The highest BCUT2D eigenvalue weighted by Gasteiger charge is 2.28. The molecule has 0 atom stereocenters. The molecule has 3 aromatic rings. The Hall–Kier alpha value is -2.48. The number of hydrogen-bond acceptors (Lipinski definition) is 6. The standard InChI is InChI=1S/C16H17N5O2S/c1-20-10-17-19-14(20)11-4-6-21(7-5-11)16(22)12-9-24-15(18-12)13-3-2-8-23-13/h2-3,8-11H,4-7H2,1H3. The van der Waals surface area contributed by atoms with Gasteiger partial charge in [-0.1, -0.05) is 0 Å². The zero-order valence-corrected chi connectivity index (χ0v) is 14.1. The molecule has 1 aliphatic heterocycles. The van der Waals surface area contributed by atoms with Crippen molar-refractivity contribution < 1.29 is 9.21 Å². The lowest BCUT2D eigenvalue weighted by Crippen LogP contribution is -2.38. The first-order valence-corrected chi connectivity index (χ1v) is 8.73. The average molecular weight is 343 g/mol. The molecule has 4 heterocycles. The molecule has 3 aromatic heterocycles. The Bertz CT molecular complexity index is 830. The fourth-order valence-corrected chi connectivity index (χ4v) is 3.81. The lowest BCUT2D eigenvalue weighted by molar-refractivity contribution is 0.0705. The van der Waals surface area contributed by atoms with E-state index in [-0.39, 0.29) is 5.91 Å². The maximum Gasteiger partial charge on any atom is 0.273 e. The molecular weight excluding hydrogens is 326 g/mol. The van der Waals surface area contributed by atoms with Gasteiger partial charge in [-0.15, -0.1) is 21.5 Å². The topological polar surface area (TPSA) is 77.0 Å². The van der Waals surface area contributed by atoms with E-state index in [1.165, 1.54) is 11.3 Å². The van der Waals surface area contributed by atoms with Gasteiger partial charge in [0.25, 0.3) is 5.91 Å². The predicted molar refractivity (Wildman–Crippen MR) is 88.7 cm³/mol. The number of aryl methyl sites for hydroxylation is 1. The molecule has 0 spiro atoms. The number of amides is 1. The number of aromatic nitrogens is 4. The van der Waals surface area contributed by atoms with Gasteiger partial charge in [-0.2, -0.15) is 0 Å². The first kappa shape index (κ1) is 15.1. The van der Waals surface area contributed by atoms with Gasteiger partial charge in [-0.3, -0.25) is 4.79 Å². The molecule has 0 radical (unpaired) electrons. The van der Waals surface area contributed by atoms with Crippen LogP contribution in [-0.2, 0) is 7.05 Å². The Morgan fingerprint density at radius 3 is 2.88 bits per heavy atom. The van der Waals surface area contributed by atoms with Crippen LogP contribution in [0.1, 0.15) is 35.1 Å². The van der Waals surface area contributed by atoms with E-state index >= 15 is 0 Å². The summed E-state index contributed by atoms with van der Waals surface area (Å²) in [4.78, 5) is 18.9. The highest BCUT2D eigenvalue weighted by Crippen LogP contribution is 2.28. The van der Waals surface area contributed by atoms with E-state index in [2.05, 4.69) is 15.2 Å². The van der Waals surface area contributed by atoms with Gasteiger partial charge in [0, 0.05) is 31.4 Å². The second-order valence-corrected chi connectivity index (χ2v) is 6.74. The zero-order valence-electron chi connectivity index (χ0n) is 13.3. The van der Waals surface area contributed by atoms with Gasteiger partial charge in [0.15, 0.2) is 10.8 Å². The highest BCUT2D eigenvalue weighted by molar-refractivity contribution is 7.13. The van der Waals surface area contributed by atoms with Gasteiger partial charge in [0.1, 0.15) is 17.8 Å². The van der Waals surface area contributed by atoms with Crippen LogP contribution in [0.3, 0.4) is 0 Å². The summed E-state index contributed by atoms with van der Waals surface area (Å²) in [5.41, 5.74) is 0.489. The van der Waals surface area contributed by atoms with Crippen LogP contribution in [0.5, 0.6) is 0 Å². The van der Waals surface area contributed by atoms with E-state index < -0.39 is 0 Å². The molecule has 8 heteroatoms. The van der Waals surface area contributed by atoms with Gasteiger partial charge < -0.3 is 13.9 Å². The molecule has 0 aromatic carbocycles. The number of thiazole rings is 1. The number of furan rings is 1. The molecule has 0 N–H and O–H groups in total. The van der Waals surface area contributed by atoms with Crippen molar-refractivity contribution in [2.24, 2.45) is 7.05 Å². The number of carbonyl (C=O) groups is 1. The Morgan fingerprint density at radius 1 is 1.38 bits per heavy atom. The van der Waals surface area contributed by atoms with Crippen LogP contribution in [0.25, 0.3) is 10.8 Å². The minimum absolute atomic E-state index is 0.0135. The van der Waals surface area contributed by atoms with Crippen molar-refractivity contribution in [2.45, 2.75) is 18.8 Å². The molecule has 0 bridgehead atoms. The maximum atomic E-state index is 12.6. The van der Waals surface area contributed by atoms with Crippen LogP contribution in [0.2, 0.25) is 0 Å². The first-order valence-electron chi connectivity index (χ1n) is 7.85. The van der Waals surface area contributed by atoms with E-state index in [9.17, 15) is 4.79 Å². The summed E-state index contributed by atoms with van der Waals surface area (Å²) < 4.78 is 7.29. The van der Waals surface area contributed by atoms with E-state index in [0.717, 1.165) is 23.7 Å². The van der Waals surface area contributed by atoms with Crippen molar-refractivity contribution in [2.75, 3.05) is 13.1 Å². The lowest BCUT2D eigenvalue weighted by atomic mass is 9.96.